The van der Waals surface area contributed by atoms with E-state index in [0.29, 0.717) is 6.42 Å². The minimum atomic E-state index is 0.261. The Morgan fingerprint density at radius 3 is 2.67 bits per heavy atom. The van der Waals surface area contributed by atoms with Gasteiger partial charge in [0.2, 0.25) is 5.91 Å². The second kappa shape index (κ2) is 7.59. The fraction of sp³-hybridized carbons (Fsp3) is 0.750. The van der Waals surface area contributed by atoms with Crippen molar-refractivity contribution in [3.05, 3.63) is 17.0 Å². The molecule has 1 saturated heterocycles. The van der Waals surface area contributed by atoms with Crippen molar-refractivity contribution in [1.82, 2.24) is 15.4 Å². The van der Waals surface area contributed by atoms with Crippen LogP contribution < -0.4 is 5.32 Å². The van der Waals surface area contributed by atoms with Gasteiger partial charge >= 0.3 is 0 Å². The molecular weight excluding hydrogens is 266 g/mol. The molecule has 5 nitrogen and oxygen atoms in total. The molecule has 118 valence electrons. The summed E-state index contributed by atoms with van der Waals surface area (Å²) in [5.74, 6) is 1.82. The van der Waals surface area contributed by atoms with Gasteiger partial charge in [-0.25, -0.2) is 0 Å². The van der Waals surface area contributed by atoms with Gasteiger partial charge in [-0.1, -0.05) is 12.1 Å². The molecule has 2 rings (SSSR count). The van der Waals surface area contributed by atoms with Crippen molar-refractivity contribution in [2.24, 2.45) is 5.92 Å². The number of carbonyl (C=O) groups excluding carboxylic acids is 1. The lowest BCUT2D eigenvalue weighted by atomic mass is 9.96. The second-order valence-electron chi connectivity index (χ2n) is 5.93. The summed E-state index contributed by atoms with van der Waals surface area (Å²) >= 11 is 0. The number of hydrogen-bond acceptors (Lipinski definition) is 4. The molecule has 1 aliphatic rings. The molecule has 0 saturated carbocycles. The molecule has 1 fully saturated rings. The van der Waals surface area contributed by atoms with Crippen molar-refractivity contribution in [3.63, 3.8) is 0 Å². The first kappa shape index (κ1) is 16.0. The third kappa shape index (κ3) is 4.30. The Morgan fingerprint density at radius 1 is 1.38 bits per heavy atom. The van der Waals surface area contributed by atoms with E-state index in [-0.39, 0.29) is 5.91 Å². The van der Waals surface area contributed by atoms with Gasteiger partial charge in [-0.15, -0.1) is 0 Å². The van der Waals surface area contributed by atoms with E-state index >= 15 is 0 Å². The molecule has 0 radical (unpaired) electrons. The lowest BCUT2D eigenvalue weighted by Crippen LogP contribution is -2.40. The molecule has 0 bridgehead atoms. The summed E-state index contributed by atoms with van der Waals surface area (Å²) in [4.78, 5) is 14.3. The highest BCUT2D eigenvalue weighted by Gasteiger charge is 2.22. The average Bonchev–Trinajstić information content (AvgIpc) is 2.82. The normalized spacial score (nSPS) is 16.4. The van der Waals surface area contributed by atoms with Crippen molar-refractivity contribution in [1.29, 1.82) is 0 Å². The number of likely N-dealkylation sites (tertiary alicyclic amines) is 1. The van der Waals surface area contributed by atoms with Crippen LogP contribution in [0.2, 0.25) is 0 Å². The van der Waals surface area contributed by atoms with Crippen LogP contribution in [0.25, 0.3) is 0 Å². The first-order valence-electron chi connectivity index (χ1n) is 8.02. The van der Waals surface area contributed by atoms with Crippen molar-refractivity contribution >= 4 is 5.91 Å². The van der Waals surface area contributed by atoms with E-state index in [1.807, 2.05) is 18.7 Å². The maximum Gasteiger partial charge on any atom is 0.222 e. The SMILES string of the molecule is CCNCC1CCN(C(=O)CCc2c(C)noc2C)CC1. The standard InChI is InChI=1S/C16H27N3O2/c1-4-17-11-14-7-9-19(10-8-14)16(20)6-5-15-12(2)18-21-13(15)3/h14,17H,4-11H2,1-3H3. The van der Waals surface area contributed by atoms with Gasteiger partial charge in [0.15, 0.2) is 0 Å². The predicted molar refractivity (Wildman–Crippen MR) is 82.1 cm³/mol. The lowest BCUT2D eigenvalue weighted by Gasteiger charge is -2.32. The van der Waals surface area contributed by atoms with Crippen LogP contribution in [0.15, 0.2) is 4.52 Å². The fourth-order valence-electron chi connectivity index (χ4n) is 2.98. The first-order valence-corrected chi connectivity index (χ1v) is 8.02. The highest BCUT2D eigenvalue weighted by molar-refractivity contribution is 5.76. The average molecular weight is 293 g/mol. The minimum absolute atomic E-state index is 0.261. The van der Waals surface area contributed by atoms with Crippen LogP contribution in [0.4, 0.5) is 0 Å². The zero-order chi connectivity index (χ0) is 15.2. The molecule has 0 unspecified atom stereocenters. The summed E-state index contributed by atoms with van der Waals surface area (Å²) in [5.41, 5.74) is 2.00. The van der Waals surface area contributed by atoms with Gasteiger partial charge in [-0.3, -0.25) is 4.79 Å². The summed E-state index contributed by atoms with van der Waals surface area (Å²) < 4.78 is 5.14. The minimum Gasteiger partial charge on any atom is -0.361 e. The van der Waals surface area contributed by atoms with Crippen LogP contribution in [-0.4, -0.2) is 42.1 Å². The van der Waals surface area contributed by atoms with E-state index in [4.69, 9.17) is 4.52 Å². The Kier molecular flexibility index (Phi) is 5.79. The number of aromatic nitrogens is 1. The summed E-state index contributed by atoms with van der Waals surface area (Å²) in [6.07, 6.45) is 3.52. The van der Waals surface area contributed by atoms with Gasteiger partial charge in [-0.2, -0.15) is 0 Å². The molecule has 0 atom stereocenters. The molecule has 1 N–H and O–H groups in total. The predicted octanol–water partition coefficient (Wildman–Crippen LogP) is 2.07. The number of nitrogens with one attached hydrogen (secondary N) is 1. The van der Waals surface area contributed by atoms with E-state index in [1.54, 1.807) is 0 Å². The van der Waals surface area contributed by atoms with Gasteiger partial charge in [0.25, 0.3) is 0 Å². The summed E-state index contributed by atoms with van der Waals surface area (Å²) in [5, 5.41) is 7.34. The van der Waals surface area contributed by atoms with E-state index in [9.17, 15) is 4.79 Å². The highest BCUT2D eigenvalue weighted by atomic mass is 16.5. The van der Waals surface area contributed by atoms with Crippen LogP contribution in [0.3, 0.4) is 0 Å². The van der Waals surface area contributed by atoms with Crippen LogP contribution in [0.5, 0.6) is 0 Å². The molecule has 0 aliphatic carbocycles. The smallest absolute Gasteiger partial charge is 0.222 e. The molecule has 21 heavy (non-hydrogen) atoms. The number of carbonyl (C=O) groups is 1. The molecule has 0 aromatic carbocycles. The fourth-order valence-corrected chi connectivity index (χ4v) is 2.98. The maximum absolute atomic E-state index is 12.3. The monoisotopic (exact) mass is 293 g/mol. The maximum atomic E-state index is 12.3. The highest BCUT2D eigenvalue weighted by Crippen LogP contribution is 2.19. The molecule has 1 aliphatic heterocycles. The van der Waals surface area contributed by atoms with Gasteiger partial charge in [0, 0.05) is 25.1 Å². The van der Waals surface area contributed by atoms with Crippen molar-refractivity contribution in [3.8, 4) is 0 Å². The number of aryl methyl sites for hydroxylation is 2. The van der Waals surface area contributed by atoms with Crippen LogP contribution in [-0.2, 0) is 11.2 Å². The van der Waals surface area contributed by atoms with E-state index in [1.165, 1.54) is 0 Å². The van der Waals surface area contributed by atoms with Crippen LogP contribution in [0, 0.1) is 19.8 Å². The number of piperidine rings is 1. The molecule has 1 aromatic heterocycles. The molecule has 2 heterocycles. The van der Waals surface area contributed by atoms with Crippen molar-refractivity contribution in [2.45, 2.75) is 46.5 Å². The second-order valence-corrected chi connectivity index (χ2v) is 5.93. The Morgan fingerprint density at radius 2 is 2.10 bits per heavy atom. The topological polar surface area (TPSA) is 58.4 Å². The van der Waals surface area contributed by atoms with Gasteiger partial charge < -0.3 is 14.7 Å². The largest absolute Gasteiger partial charge is 0.361 e. The lowest BCUT2D eigenvalue weighted by molar-refractivity contribution is -0.132. The van der Waals surface area contributed by atoms with Gasteiger partial charge in [0.05, 0.1) is 5.69 Å². The summed E-state index contributed by atoms with van der Waals surface area (Å²) in [6.45, 7) is 9.88. The van der Waals surface area contributed by atoms with E-state index in [2.05, 4.69) is 17.4 Å². The van der Waals surface area contributed by atoms with E-state index < -0.39 is 0 Å². The van der Waals surface area contributed by atoms with Gasteiger partial charge in [0.1, 0.15) is 5.76 Å². The quantitative estimate of drug-likeness (QED) is 0.872. The number of rotatable bonds is 6. The van der Waals surface area contributed by atoms with Crippen molar-refractivity contribution in [2.75, 3.05) is 26.2 Å². The molecular formula is C16H27N3O2. The molecule has 1 amide bonds. The molecule has 0 spiro atoms. The van der Waals surface area contributed by atoms with E-state index in [0.717, 1.165) is 68.4 Å². The molecule has 1 aromatic rings. The Hall–Kier alpha value is -1.36. The Balaban J connectivity index is 1.75. The Labute approximate surface area is 127 Å². The first-order chi connectivity index (χ1) is 10.1. The third-order valence-electron chi connectivity index (χ3n) is 4.42. The zero-order valence-electron chi connectivity index (χ0n) is 13.4. The molecule has 5 heteroatoms. The van der Waals surface area contributed by atoms with Gasteiger partial charge in [-0.05, 0) is 52.1 Å². The summed E-state index contributed by atoms with van der Waals surface area (Å²) in [6, 6.07) is 0. The summed E-state index contributed by atoms with van der Waals surface area (Å²) in [7, 11) is 0. The zero-order valence-corrected chi connectivity index (χ0v) is 13.4. The Bertz CT molecular complexity index is 443. The van der Waals surface area contributed by atoms with Crippen LogP contribution >= 0.6 is 0 Å². The number of amides is 1. The van der Waals surface area contributed by atoms with Crippen molar-refractivity contribution < 1.29 is 9.32 Å². The number of nitrogens with zero attached hydrogens (tertiary/aromatic N) is 2. The number of hydrogen-bond donors (Lipinski definition) is 1. The third-order valence-corrected chi connectivity index (χ3v) is 4.42. The van der Waals surface area contributed by atoms with Crippen LogP contribution in [0.1, 0.15) is 43.2 Å².